The molecule has 0 saturated heterocycles. The van der Waals surface area contributed by atoms with Crippen molar-refractivity contribution in [3.63, 3.8) is 0 Å². The minimum absolute atomic E-state index is 0.0810. The van der Waals surface area contributed by atoms with Gasteiger partial charge in [0.25, 0.3) is 0 Å². The summed E-state index contributed by atoms with van der Waals surface area (Å²) < 4.78 is 26.1. The van der Waals surface area contributed by atoms with Crippen LogP contribution in [-0.2, 0) is 10.0 Å². The van der Waals surface area contributed by atoms with E-state index in [0.717, 1.165) is 24.2 Å². The molecule has 0 amide bonds. The van der Waals surface area contributed by atoms with Crippen molar-refractivity contribution in [1.29, 1.82) is 0 Å². The van der Waals surface area contributed by atoms with Crippen molar-refractivity contribution in [2.45, 2.75) is 24.7 Å². The van der Waals surface area contributed by atoms with Gasteiger partial charge in [0, 0.05) is 13.1 Å². The van der Waals surface area contributed by atoms with Crippen molar-refractivity contribution in [2.75, 3.05) is 13.1 Å². The van der Waals surface area contributed by atoms with Crippen molar-refractivity contribution in [2.24, 2.45) is 5.92 Å². The van der Waals surface area contributed by atoms with Crippen LogP contribution in [0.1, 0.15) is 29.4 Å². The molecular weight excluding hydrogens is 274 g/mol. The van der Waals surface area contributed by atoms with Crippen LogP contribution in [-0.4, -0.2) is 36.9 Å². The second-order valence-electron chi connectivity index (χ2n) is 4.32. The molecule has 2 rings (SSSR count). The van der Waals surface area contributed by atoms with E-state index in [9.17, 15) is 13.2 Å². The van der Waals surface area contributed by atoms with Crippen LogP contribution < -0.4 is 0 Å². The largest absolute Gasteiger partial charge is 0.477 e. The average Bonchev–Trinajstić information content (AvgIpc) is 2.97. The van der Waals surface area contributed by atoms with Gasteiger partial charge < -0.3 is 5.11 Å². The maximum Gasteiger partial charge on any atom is 0.347 e. The maximum absolute atomic E-state index is 12.4. The van der Waals surface area contributed by atoms with Gasteiger partial charge in [-0.1, -0.05) is 6.92 Å². The molecule has 1 aromatic heterocycles. The highest BCUT2D eigenvalue weighted by Crippen LogP contribution is 2.32. The quantitative estimate of drug-likeness (QED) is 0.867. The van der Waals surface area contributed by atoms with E-state index < -0.39 is 16.0 Å². The van der Waals surface area contributed by atoms with E-state index in [4.69, 9.17) is 5.11 Å². The summed E-state index contributed by atoms with van der Waals surface area (Å²) in [4.78, 5) is 10.8. The Labute approximate surface area is 110 Å². The topological polar surface area (TPSA) is 74.7 Å². The molecule has 5 nitrogen and oxygen atoms in total. The van der Waals surface area contributed by atoms with Crippen LogP contribution in [0.5, 0.6) is 0 Å². The highest BCUT2D eigenvalue weighted by molar-refractivity contribution is 7.89. The molecule has 1 aliphatic rings. The standard InChI is InChI=1S/C11H15NO4S2/c1-2-12(7-8-3-4-8)18(15,16)9-5-6-17-10(9)11(13)14/h5-6,8H,2-4,7H2,1H3,(H,13,14). The summed E-state index contributed by atoms with van der Waals surface area (Å²) in [5.41, 5.74) is 0. The fourth-order valence-electron chi connectivity index (χ4n) is 1.78. The SMILES string of the molecule is CCN(CC1CC1)S(=O)(=O)c1ccsc1C(=O)O. The fraction of sp³-hybridized carbons (Fsp3) is 0.545. The number of aromatic carboxylic acids is 1. The van der Waals surface area contributed by atoms with Crippen molar-refractivity contribution in [3.8, 4) is 0 Å². The van der Waals surface area contributed by atoms with Gasteiger partial charge in [-0.15, -0.1) is 11.3 Å². The van der Waals surface area contributed by atoms with E-state index in [2.05, 4.69) is 0 Å². The number of hydrogen-bond donors (Lipinski definition) is 1. The number of thiophene rings is 1. The summed E-state index contributed by atoms with van der Waals surface area (Å²) in [6, 6.07) is 1.37. The zero-order valence-corrected chi connectivity index (χ0v) is 11.6. The number of carboxylic acids is 1. The Morgan fingerprint density at radius 2 is 2.22 bits per heavy atom. The zero-order valence-electron chi connectivity index (χ0n) is 10.00. The Morgan fingerprint density at radius 3 is 2.72 bits per heavy atom. The first-order valence-electron chi connectivity index (χ1n) is 5.77. The predicted molar refractivity (Wildman–Crippen MR) is 68.4 cm³/mol. The minimum atomic E-state index is -3.68. The van der Waals surface area contributed by atoms with Crippen molar-refractivity contribution < 1.29 is 18.3 Å². The Kier molecular flexibility index (Phi) is 3.74. The third-order valence-electron chi connectivity index (χ3n) is 2.95. The zero-order chi connectivity index (χ0) is 13.3. The highest BCUT2D eigenvalue weighted by atomic mass is 32.2. The molecule has 0 aromatic carbocycles. The lowest BCUT2D eigenvalue weighted by Crippen LogP contribution is -2.33. The Bertz CT molecular complexity index is 545. The summed E-state index contributed by atoms with van der Waals surface area (Å²) >= 11 is 0.942. The predicted octanol–water partition coefficient (Wildman–Crippen LogP) is 1.87. The summed E-state index contributed by atoms with van der Waals surface area (Å²) in [6.07, 6.45) is 2.11. The van der Waals surface area contributed by atoms with Crippen molar-refractivity contribution in [3.05, 3.63) is 16.3 Å². The van der Waals surface area contributed by atoms with Gasteiger partial charge >= 0.3 is 5.97 Å². The van der Waals surface area contributed by atoms with E-state index in [1.807, 2.05) is 0 Å². The van der Waals surface area contributed by atoms with Crippen LogP contribution >= 0.6 is 11.3 Å². The van der Waals surface area contributed by atoms with Gasteiger partial charge in [-0.25, -0.2) is 13.2 Å². The van der Waals surface area contributed by atoms with Crippen LogP contribution in [0.4, 0.5) is 0 Å². The van der Waals surface area contributed by atoms with Crippen LogP contribution in [0.3, 0.4) is 0 Å². The number of sulfonamides is 1. The van der Waals surface area contributed by atoms with Crippen LogP contribution in [0, 0.1) is 5.92 Å². The number of nitrogens with zero attached hydrogens (tertiary/aromatic N) is 1. The molecule has 0 atom stereocenters. The monoisotopic (exact) mass is 289 g/mol. The van der Waals surface area contributed by atoms with E-state index in [1.165, 1.54) is 15.8 Å². The number of carboxylic acid groups (broad SMARTS) is 1. The summed E-state index contributed by atoms with van der Waals surface area (Å²) in [7, 11) is -3.68. The summed E-state index contributed by atoms with van der Waals surface area (Å²) in [6.45, 7) is 2.63. The average molecular weight is 289 g/mol. The number of rotatable bonds is 6. The third-order valence-corrected chi connectivity index (χ3v) is 5.97. The lowest BCUT2D eigenvalue weighted by Gasteiger charge is -2.19. The summed E-state index contributed by atoms with van der Waals surface area (Å²) in [5, 5.41) is 10.5. The Hall–Kier alpha value is -0.920. The lowest BCUT2D eigenvalue weighted by atomic mass is 10.4. The molecule has 100 valence electrons. The van der Waals surface area contributed by atoms with Crippen molar-refractivity contribution in [1.82, 2.24) is 4.31 Å². The molecule has 1 fully saturated rings. The van der Waals surface area contributed by atoms with E-state index in [0.29, 0.717) is 19.0 Å². The van der Waals surface area contributed by atoms with Crippen LogP contribution in [0.25, 0.3) is 0 Å². The molecule has 7 heteroatoms. The Balaban J connectivity index is 2.33. The number of hydrogen-bond acceptors (Lipinski definition) is 4. The van der Waals surface area contributed by atoms with Gasteiger partial charge in [-0.2, -0.15) is 4.31 Å². The van der Waals surface area contributed by atoms with Gasteiger partial charge in [-0.05, 0) is 30.2 Å². The number of carbonyl (C=O) groups is 1. The molecule has 1 aliphatic carbocycles. The molecular formula is C11H15NO4S2. The smallest absolute Gasteiger partial charge is 0.347 e. The molecule has 1 aromatic rings. The maximum atomic E-state index is 12.4. The Morgan fingerprint density at radius 1 is 1.56 bits per heavy atom. The second-order valence-corrected chi connectivity index (χ2v) is 7.14. The molecule has 1 saturated carbocycles. The van der Waals surface area contributed by atoms with E-state index in [-0.39, 0.29) is 9.77 Å². The molecule has 0 radical (unpaired) electrons. The fourth-order valence-corrected chi connectivity index (χ4v) is 4.54. The van der Waals surface area contributed by atoms with Crippen LogP contribution in [0.2, 0.25) is 0 Å². The third kappa shape index (κ3) is 2.57. The lowest BCUT2D eigenvalue weighted by molar-refractivity contribution is 0.0698. The molecule has 0 bridgehead atoms. The molecule has 1 heterocycles. The van der Waals surface area contributed by atoms with Crippen LogP contribution in [0.15, 0.2) is 16.3 Å². The first kappa shape index (κ1) is 13.5. The molecule has 0 spiro atoms. The van der Waals surface area contributed by atoms with Gasteiger partial charge in [0.1, 0.15) is 9.77 Å². The normalized spacial score (nSPS) is 16.1. The molecule has 18 heavy (non-hydrogen) atoms. The van der Waals surface area contributed by atoms with Gasteiger partial charge in [0.05, 0.1) is 0 Å². The van der Waals surface area contributed by atoms with E-state index >= 15 is 0 Å². The van der Waals surface area contributed by atoms with Crippen molar-refractivity contribution >= 4 is 27.3 Å². The highest BCUT2D eigenvalue weighted by Gasteiger charge is 2.33. The first-order chi connectivity index (χ1) is 8.46. The second kappa shape index (κ2) is 4.99. The molecule has 0 aliphatic heterocycles. The van der Waals surface area contributed by atoms with E-state index in [1.54, 1.807) is 6.92 Å². The van der Waals surface area contributed by atoms with Gasteiger partial charge in [-0.3, -0.25) is 0 Å². The summed E-state index contributed by atoms with van der Waals surface area (Å²) in [5.74, 6) is -0.752. The van der Waals surface area contributed by atoms with Gasteiger partial charge in [0.15, 0.2) is 0 Å². The molecule has 0 unspecified atom stereocenters. The minimum Gasteiger partial charge on any atom is -0.477 e. The molecule has 1 N–H and O–H groups in total. The first-order valence-corrected chi connectivity index (χ1v) is 8.09. The van der Waals surface area contributed by atoms with Gasteiger partial charge in [0.2, 0.25) is 10.0 Å².